The van der Waals surface area contributed by atoms with Gasteiger partial charge in [0.05, 0.1) is 0 Å². The summed E-state index contributed by atoms with van der Waals surface area (Å²) in [5, 5.41) is 6.98. The van der Waals surface area contributed by atoms with E-state index < -0.39 is 0 Å². The highest BCUT2D eigenvalue weighted by atomic mass is 16.2. The van der Waals surface area contributed by atoms with Crippen molar-refractivity contribution < 1.29 is 4.79 Å². The summed E-state index contributed by atoms with van der Waals surface area (Å²) in [5.74, 6) is 0.402. The Bertz CT molecular complexity index is 340. The summed E-state index contributed by atoms with van der Waals surface area (Å²) in [5.41, 5.74) is 10.6. The van der Waals surface area contributed by atoms with Gasteiger partial charge in [-0.1, -0.05) is 19.3 Å². The molecule has 0 unspecified atom stereocenters. The predicted molar refractivity (Wildman–Crippen MR) is 79.9 cm³/mol. The second-order valence-corrected chi connectivity index (χ2v) is 6.63. The standard InChI is InChI=1S/C15H28N4O/c16-14(17)19-18-13(20)5-4-12-6-10-15(11-7-12)8-2-1-3-9-15/h12H,1-11H2,(H,18,20)(H4,16,17,19). The van der Waals surface area contributed by atoms with Crippen LogP contribution in [0.1, 0.15) is 70.6 Å². The number of rotatable bonds is 3. The van der Waals surface area contributed by atoms with E-state index in [1.165, 1.54) is 57.8 Å². The molecule has 0 heterocycles. The van der Waals surface area contributed by atoms with Gasteiger partial charge in [-0.3, -0.25) is 21.1 Å². The maximum Gasteiger partial charge on any atom is 0.238 e. The van der Waals surface area contributed by atoms with E-state index in [9.17, 15) is 4.79 Å². The van der Waals surface area contributed by atoms with Crippen LogP contribution in [0.2, 0.25) is 0 Å². The zero-order chi connectivity index (χ0) is 14.4. The molecule has 0 radical (unpaired) electrons. The fourth-order valence-electron chi connectivity index (χ4n) is 3.92. The van der Waals surface area contributed by atoms with Crippen molar-refractivity contribution in [3.8, 4) is 0 Å². The fraction of sp³-hybridized carbons (Fsp3) is 0.867. The van der Waals surface area contributed by atoms with Crippen LogP contribution in [0.5, 0.6) is 0 Å². The molecule has 5 heteroatoms. The van der Waals surface area contributed by atoms with Gasteiger partial charge in [-0.05, 0) is 56.3 Å². The van der Waals surface area contributed by atoms with Crippen LogP contribution in [0.3, 0.4) is 0 Å². The van der Waals surface area contributed by atoms with Crippen LogP contribution in [-0.2, 0) is 4.79 Å². The van der Waals surface area contributed by atoms with Crippen molar-refractivity contribution in [2.45, 2.75) is 70.6 Å². The first kappa shape index (κ1) is 15.1. The number of nitrogens with two attached hydrogens (primary N) is 1. The second kappa shape index (κ2) is 6.95. The topological polar surface area (TPSA) is 91.0 Å². The monoisotopic (exact) mass is 280 g/mol. The molecule has 0 aromatic heterocycles. The lowest BCUT2D eigenvalue weighted by atomic mass is 9.63. The normalized spacial score (nSPS) is 22.4. The Morgan fingerprint density at radius 3 is 2.35 bits per heavy atom. The molecule has 1 spiro atoms. The molecule has 2 saturated carbocycles. The quantitative estimate of drug-likeness (QED) is 0.363. The average Bonchev–Trinajstić information content (AvgIpc) is 2.45. The number of hydrazine groups is 1. The van der Waals surface area contributed by atoms with E-state index in [1.54, 1.807) is 0 Å². The molecular formula is C15H28N4O. The minimum absolute atomic E-state index is 0.0712. The van der Waals surface area contributed by atoms with Crippen molar-refractivity contribution in [3.63, 3.8) is 0 Å². The van der Waals surface area contributed by atoms with E-state index in [2.05, 4.69) is 10.9 Å². The van der Waals surface area contributed by atoms with Crippen LogP contribution in [0, 0.1) is 16.7 Å². The third kappa shape index (κ3) is 4.39. The van der Waals surface area contributed by atoms with E-state index in [4.69, 9.17) is 11.1 Å². The van der Waals surface area contributed by atoms with Crippen molar-refractivity contribution in [1.82, 2.24) is 10.9 Å². The highest BCUT2D eigenvalue weighted by Crippen LogP contribution is 2.49. The van der Waals surface area contributed by atoms with Crippen molar-refractivity contribution in [1.29, 1.82) is 5.41 Å². The largest absolute Gasteiger partial charge is 0.369 e. The molecule has 0 bridgehead atoms. The molecule has 2 aliphatic rings. The van der Waals surface area contributed by atoms with E-state index in [0.29, 0.717) is 17.8 Å². The van der Waals surface area contributed by atoms with Gasteiger partial charge in [-0.15, -0.1) is 0 Å². The third-order valence-corrected chi connectivity index (χ3v) is 5.20. The molecule has 0 aliphatic heterocycles. The van der Waals surface area contributed by atoms with Gasteiger partial charge in [0.2, 0.25) is 11.9 Å². The van der Waals surface area contributed by atoms with Crippen LogP contribution >= 0.6 is 0 Å². The molecule has 2 fully saturated rings. The first-order valence-corrected chi connectivity index (χ1v) is 7.99. The van der Waals surface area contributed by atoms with Gasteiger partial charge in [-0.2, -0.15) is 0 Å². The van der Waals surface area contributed by atoms with E-state index in [1.807, 2.05) is 0 Å². The number of hydrogen-bond donors (Lipinski definition) is 4. The first-order valence-electron chi connectivity index (χ1n) is 7.99. The van der Waals surface area contributed by atoms with Crippen LogP contribution in [0.15, 0.2) is 0 Å². The zero-order valence-electron chi connectivity index (χ0n) is 12.3. The minimum Gasteiger partial charge on any atom is -0.369 e. The van der Waals surface area contributed by atoms with Crippen molar-refractivity contribution in [2.75, 3.05) is 0 Å². The molecule has 0 aromatic rings. The molecule has 1 amide bonds. The van der Waals surface area contributed by atoms with Gasteiger partial charge in [0.1, 0.15) is 0 Å². The number of amides is 1. The Morgan fingerprint density at radius 1 is 1.10 bits per heavy atom. The minimum atomic E-state index is -0.227. The van der Waals surface area contributed by atoms with Gasteiger partial charge in [0.15, 0.2) is 0 Å². The maximum absolute atomic E-state index is 11.6. The molecule has 0 saturated heterocycles. The number of nitrogens with one attached hydrogen (secondary N) is 3. The molecule has 2 rings (SSSR count). The number of carbonyl (C=O) groups excluding carboxylic acids is 1. The summed E-state index contributed by atoms with van der Waals surface area (Å²) < 4.78 is 0. The van der Waals surface area contributed by atoms with E-state index >= 15 is 0 Å². The Balaban J connectivity index is 1.64. The SMILES string of the molecule is N=C(N)NNC(=O)CCC1CCC2(CCCCC2)CC1. The summed E-state index contributed by atoms with van der Waals surface area (Å²) in [6.07, 6.45) is 13.9. The molecule has 114 valence electrons. The lowest BCUT2D eigenvalue weighted by molar-refractivity contribution is -0.122. The third-order valence-electron chi connectivity index (χ3n) is 5.20. The summed E-state index contributed by atoms with van der Waals surface area (Å²) in [6, 6.07) is 0. The van der Waals surface area contributed by atoms with Crippen molar-refractivity contribution in [3.05, 3.63) is 0 Å². The van der Waals surface area contributed by atoms with Gasteiger partial charge < -0.3 is 5.73 Å². The van der Waals surface area contributed by atoms with Crippen molar-refractivity contribution in [2.24, 2.45) is 17.1 Å². The molecule has 2 aliphatic carbocycles. The Morgan fingerprint density at radius 2 is 1.75 bits per heavy atom. The van der Waals surface area contributed by atoms with Crippen LogP contribution in [-0.4, -0.2) is 11.9 Å². The smallest absolute Gasteiger partial charge is 0.238 e. The van der Waals surface area contributed by atoms with Gasteiger partial charge in [0.25, 0.3) is 0 Å². The first-order chi connectivity index (χ1) is 9.60. The fourth-order valence-corrected chi connectivity index (χ4v) is 3.92. The zero-order valence-corrected chi connectivity index (χ0v) is 12.3. The Labute approximate surface area is 121 Å². The summed E-state index contributed by atoms with van der Waals surface area (Å²) in [6.45, 7) is 0. The van der Waals surface area contributed by atoms with Gasteiger partial charge in [-0.25, -0.2) is 0 Å². The highest BCUT2D eigenvalue weighted by Gasteiger charge is 2.35. The van der Waals surface area contributed by atoms with Crippen LogP contribution < -0.4 is 16.6 Å². The summed E-state index contributed by atoms with van der Waals surface area (Å²) in [4.78, 5) is 11.6. The highest BCUT2D eigenvalue weighted by molar-refractivity contribution is 5.81. The predicted octanol–water partition coefficient (Wildman–Crippen LogP) is 2.42. The van der Waals surface area contributed by atoms with Crippen LogP contribution in [0.4, 0.5) is 0 Å². The second-order valence-electron chi connectivity index (χ2n) is 6.63. The number of carbonyl (C=O) groups is 1. The number of hydrogen-bond acceptors (Lipinski definition) is 2. The Hall–Kier alpha value is -1.26. The maximum atomic E-state index is 11.6. The molecular weight excluding hydrogens is 252 g/mol. The lowest BCUT2D eigenvalue weighted by Crippen LogP contribution is -2.45. The van der Waals surface area contributed by atoms with E-state index in [-0.39, 0.29) is 11.9 Å². The molecule has 0 aromatic carbocycles. The molecule has 5 nitrogen and oxygen atoms in total. The summed E-state index contributed by atoms with van der Waals surface area (Å²) >= 11 is 0. The summed E-state index contributed by atoms with van der Waals surface area (Å²) in [7, 11) is 0. The molecule has 0 atom stereocenters. The van der Waals surface area contributed by atoms with E-state index in [0.717, 1.165) is 6.42 Å². The average molecular weight is 280 g/mol. The molecule has 20 heavy (non-hydrogen) atoms. The van der Waals surface area contributed by atoms with Crippen LogP contribution in [0.25, 0.3) is 0 Å². The van der Waals surface area contributed by atoms with Gasteiger partial charge >= 0.3 is 0 Å². The Kier molecular flexibility index (Phi) is 5.26. The number of guanidine groups is 1. The van der Waals surface area contributed by atoms with Crippen molar-refractivity contribution >= 4 is 11.9 Å². The molecule has 5 N–H and O–H groups in total. The van der Waals surface area contributed by atoms with Gasteiger partial charge in [0, 0.05) is 6.42 Å². The lowest BCUT2D eigenvalue weighted by Gasteiger charge is -2.43.